The lowest BCUT2D eigenvalue weighted by Crippen LogP contribution is -2.12. The van der Waals surface area contributed by atoms with Gasteiger partial charge in [0.05, 0.1) is 20.6 Å². The molecule has 0 aliphatic rings. The van der Waals surface area contributed by atoms with Gasteiger partial charge in [-0.05, 0) is 36.4 Å². The standard InChI is InChI=1S/C13H9Cl3N2O/c14-10-4-2-8(6-12(10)16)18-13(19)9-3-1-7(17)5-11(9)15/h1-6H,17H2,(H,18,19). The van der Waals surface area contributed by atoms with Gasteiger partial charge in [-0.3, -0.25) is 4.79 Å². The molecular formula is C13H9Cl3N2O. The second kappa shape index (κ2) is 5.70. The zero-order chi connectivity index (χ0) is 14.0. The number of hydrogen-bond donors (Lipinski definition) is 2. The van der Waals surface area contributed by atoms with Crippen LogP contribution in [0, 0.1) is 0 Å². The van der Waals surface area contributed by atoms with Crippen molar-refractivity contribution in [1.29, 1.82) is 0 Å². The zero-order valence-corrected chi connectivity index (χ0v) is 11.9. The SMILES string of the molecule is Nc1ccc(C(=O)Nc2ccc(Cl)c(Cl)c2)c(Cl)c1. The van der Waals surface area contributed by atoms with Crippen LogP contribution >= 0.6 is 34.8 Å². The number of carbonyl (C=O) groups is 1. The van der Waals surface area contributed by atoms with E-state index in [9.17, 15) is 4.79 Å². The van der Waals surface area contributed by atoms with Gasteiger partial charge in [-0.1, -0.05) is 34.8 Å². The Morgan fingerprint density at radius 3 is 2.32 bits per heavy atom. The predicted molar refractivity (Wildman–Crippen MR) is 80.3 cm³/mol. The number of halogens is 3. The molecule has 0 radical (unpaired) electrons. The van der Waals surface area contributed by atoms with Crippen molar-refractivity contribution in [2.45, 2.75) is 0 Å². The summed E-state index contributed by atoms with van der Waals surface area (Å²) >= 11 is 17.6. The minimum atomic E-state index is -0.344. The van der Waals surface area contributed by atoms with Crippen molar-refractivity contribution < 1.29 is 4.79 Å². The average molecular weight is 316 g/mol. The Kier molecular flexibility index (Phi) is 4.20. The molecule has 3 N–H and O–H groups in total. The molecule has 0 unspecified atom stereocenters. The molecule has 19 heavy (non-hydrogen) atoms. The number of amides is 1. The van der Waals surface area contributed by atoms with Crippen LogP contribution in [0.3, 0.4) is 0 Å². The van der Waals surface area contributed by atoms with E-state index in [0.717, 1.165) is 0 Å². The van der Waals surface area contributed by atoms with Crippen LogP contribution in [0.1, 0.15) is 10.4 Å². The molecule has 6 heteroatoms. The molecule has 2 aromatic carbocycles. The first-order valence-electron chi connectivity index (χ1n) is 5.29. The maximum atomic E-state index is 12.0. The van der Waals surface area contributed by atoms with E-state index in [1.54, 1.807) is 30.3 Å². The Morgan fingerprint density at radius 2 is 1.68 bits per heavy atom. The maximum Gasteiger partial charge on any atom is 0.257 e. The number of carbonyl (C=O) groups excluding carboxylic acids is 1. The Morgan fingerprint density at radius 1 is 0.947 bits per heavy atom. The minimum absolute atomic E-state index is 0.289. The molecule has 0 bridgehead atoms. The molecule has 2 rings (SSSR count). The van der Waals surface area contributed by atoms with Crippen LogP contribution < -0.4 is 11.1 Å². The predicted octanol–water partition coefficient (Wildman–Crippen LogP) is 4.48. The van der Waals surface area contributed by atoms with E-state index < -0.39 is 0 Å². The fraction of sp³-hybridized carbons (Fsp3) is 0. The Bertz CT molecular complexity index is 644. The van der Waals surface area contributed by atoms with Crippen LogP contribution in [0.2, 0.25) is 15.1 Å². The second-order valence-corrected chi connectivity index (χ2v) is 5.04. The first kappa shape index (κ1) is 14.0. The molecule has 1 amide bonds. The van der Waals surface area contributed by atoms with Gasteiger partial charge in [0.15, 0.2) is 0 Å². The van der Waals surface area contributed by atoms with E-state index >= 15 is 0 Å². The molecule has 0 heterocycles. The van der Waals surface area contributed by atoms with Gasteiger partial charge in [0.2, 0.25) is 0 Å². The minimum Gasteiger partial charge on any atom is -0.399 e. The highest BCUT2D eigenvalue weighted by molar-refractivity contribution is 6.42. The number of hydrogen-bond acceptors (Lipinski definition) is 2. The molecule has 0 aromatic heterocycles. The summed E-state index contributed by atoms with van der Waals surface area (Å²) in [6.07, 6.45) is 0. The van der Waals surface area contributed by atoms with Crippen molar-refractivity contribution in [2.24, 2.45) is 0 Å². The third kappa shape index (κ3) is 3.32. The molecule has 0 aliphatic heterocycles. The van der Waals surface area contributed by atoms with Crippen LogP contribution in [0.5, 0.6) is 0 Å². The summed E-state index contributed by atoms with van der Waals surface area (Å²) in [6.45, 7) is 0. The van der Waals surface area contributed by atoms with Gasteiger partial charge in [-0.2, -0.15) is 0 Å². The summed E-state index contributed by atoms with van der Waals surface area (Å²) in [5.41, 5.74) is 6.93. The Balaban J connectivity index is 2.23. The third-order valence-electron chi connectivity index (χ3n) is 2.42. The number of nitrogen functional groups attached to an aromatic ring is 1. The maximum absolute atomic E-state index is 12.0. The first-order valence-corrected chi connectivity index (χ1v) is 6.42. The number of anilines is 2. The van der Waals surface area contributed by atoms with Crippen molar-refractivity contribution in [3.05, 3.63) is 57.0 Å². The van der Waals surface area contributed by atoms with Gasteiger partial charge in [-0.15, -0.1) is 0 Å². The number of rotatable bonds is 2. The van der Waals surface area contributed by atoms with E-state index in [1.165, 1.54) is 6.07 Å². The Labute approximate surface area is 125 Å². The summed E-state index contributed by atoms with van der Waals surface area (Å²) in [6, 6.07) is 9.50. The normalized spacial score (nSPS) is 10.3. The highest BCUT2D eigenvalue weighted by Crippen LogP contribution is 2.26. The van der Waals surface area contributed by atoms with E-state index in [4.69, 9.17) is 40.5 Å². The summed E-state index contributed by atoms with van der Waals surface area (Å²) < 4.78 is 0. The molecule has 98 valence electrons. The smallest absolute Gasteiger partial charge is 0.257 e. The summed E-state index contributed by atoms with van der Waals surface area (Å²) in [4.78, 5) is 12.0. The third-order valence-corrected chi connectivity index (χ3v) is 3.47. The number of nitrogens with two attached hydrogens (primary N) is 1. The largest absolute Gasteiger partial charge is 0.399 e. The van der Waals surface area contributed by atoms with Crippen LogP contribution in [-0.4, -0.2) is 5.91 Å². The van der Waals surface area contributed by atoms with E-state index in [-0.39, 0.29) is 10.9 Å². The van der Waals surface area contributed by atoms with Gasteiger partial charge in [-0.25, -0.2) is 0 Å². The monoisotopic (exact) mass is 314 g/mol. The lowest BCUT2D eigenvalue weighted by Gasteiger charge is -2.08. The topological polar surface area (TPSA) is 55.1 Å². The van der Waals surface area contributed by atoms with Crippen molar-refractivity contribution in [3.8, 4) is 0 Å². The fourth-order valence-electron chi connectivity index (χ4n) is 1.49. The molecule has 0 saturated carbocycles. The molecule has 3 nitrogen and oxygen atoms in total. The van der Waals surface area contributed by atoms with Gasteiger partial charge < -0.3 is 11.1 Å². The van der Waals surface area contributed by atoms with E-state index in [2.05, 4.69) is 5.32 Å². The van der Waals surface area contributed by atoms with Crippen LogP contribution in [0.4, 0.5) is 11.4 Å². The highest BCUT2D eigenvalue weighted by Gasteiger charge is 2.11. The first-order chi connectivity index (χ1) is 8.97. The highest BCUT2D eigenvalue weighted by atomic mass is 35.5. The molecule has 0 saturated heterocycles. The fourth-order valence-corrected chi connectivity index (χ4v) is 2.06. The lowest BCUT2D eigenvalue weighted by molar-refractivity contribution is 0.102. The van der Waals surface area contributed by atoms with Gasteiger partial charge in [0.1, 0.15) is 0 Å². The Hall–Kier alpha value is -1.42. The molecule has 2 aromatic rings. The van der Waals surface area contributed by atoms with Gasteiger partial charge in [0.25, 0.3) is 5.91 Å². The lowest BCUT2D eigenvalue weighted by atomic mass is 10.2. The summed E-state index contributed by atoms with van der Waals surface area (Å²) in [7, 11) is 0. The van der Waals surface area contributed by atoms with Gasteiger partial charge >= 0.3 is 0 Å². The van der Waals surface area contributed by atoms with Crippen LogP contribution in [0.15, 0.2) is 36.4 Å². The number of nitrogens with one attached hydrogen (secondary N) is 1. The van der Waals surface area contributed by atoms with E-state index in [0.29, 0.717) is 27.0 Å². The van der Waals surface area contributed by atoms with E-state index in [1.807, 2.05) is 0 Å². The molecule has 0 atom stereocenters. The van der Waals surface area contributed by atoms with Gasteiger partial charge in [0, 0.05) is 11.4 Å². The second-order valence-electron chi connectivity index (χ2n) is 3.82. The summed E-state index contributed by atoms with van der Waals surface area (Å²) in [5, 5.41) is 3.75. The molecule has 0 spiro atoms. The molecule has 0 aliphatic carbocycles. The van der Waals surface area contributed by atoms with Crippen LogP contribution in [0.25, 0.3) is 0 Å². The number of benzene rings is 2. The van der Waals surface area contributed by atoms with Crippen molar-refractivity contribution in [3.63, 3.8) is 0 Å². The van der Waals surface area contributed by atoms with Crippen molar-refractivity contribution >= 4 is 52.1 Å². The molecule has 0 fully saturated rings. The zero-order valence-electron chi connectivity index (χ0n) is 9.58. The average Bonchev–Trinajstić information content (AvgIpc) is 2.33. The van der Waals surface area contributed by atoms with Crippen molar-refractivity contribution in [2.75, 3.05) is 11.1 Å². The summed E-state index contributed by atoms with van der Waals surface area (Å²) in [5.74, 6) is -0.344. The van der Waals surface area contributed by atoms with Crippen LogP contribution in [-0.2, 0) is 0 Å². The quantitative estimate of drug-likeness (QED) is 0.803. The molecular weight excluding hydrogens is 307 g/mol. The van der Waals surface area contributed by atoms with Crippen molar-refractivity contribution in [1.82, 2.24) is 0 Å².